The summed E-state index contributed by atoms with van der Waals surface area (Å²) in [7, 11) is 0. The normalized spacial score (nSPS) is 17.6. The Balaban J connectivity index is 0.00000225. The Hall–Kier alpha value is -0.810. The summed E-state index contributed by atoms with van der Waals surface area (Å²) < 4.78 is 0. The van der Waals surface area contributed by atoms with Gasteiger partial charge < -0.3 is 15.5 Å². The van der Waals surface area contributed by atoms with Gasteiger partial charge in [-0.3, -0.25) is 9.59 Å². The van der Waals surface area contributed by atoms with Gasteiger partial charge in [0.05, 0.1) is 13.1 Å². The molecule has 1 unspecified atom stereocenters. The fourth-order valence-corrected chi connectivity index (χ4v) is 1.41. The van der Waals surface area contributed by atoms with Gasteiger partial charge in [-0.15, -0.1) is 12.4 Å². The lowest BCUT2D eigenvalue weighted by atomic mass is 10.2. The maximum atomic E-state index is 11.5. The molecule has 1 atom stereocenters. The van der Waals surface area contributed by atoms with E-state index in [1.807, 2.05) is 13.8 Å². The van der Waals surface area contributed by atoms with Crippen LogP contribution in [0.3, 0.4) is 0 Å². The fourth-order valence-electron chi connectivity index (χ4n) is 1.41. The zero-order valence-electron chi connectivity index (χ0n) is 9.78. The van der Waals surface area contributed by atoms with E-state index in [4.69, 9.17) is 0 Å². The van der Waals surface area contributed by atoms with Crippen molar-refractivity contribution in [1.29, 1.82) is 0 Å². The Labute approximate surface area is 102 Å². The van der Waals surface area contributed by atoms with E-state index in [-0.39, 0.29) is 36.8 Å². The highest BCUT2D eigenvalue weighted by Crippen LogP contribution is 1.95. The molecule has 2 amide bonds. The molecule has 0 saturated carbocycles. The van der Waals surface area contributed by atoms with E-state index in [9.17, 15) is 9.59 Å². The fraction of sp³-hybridized carbons (Fsp3) is 0.800. The summed E-state index contributed by atoms with van der Waals surface area (Å²) in [5.74, 6) is -0.0693. The van der Waals surface area contributed by atoms with Gasteiger partial charge in [0, 0.05) is 19.1 Å². The molecule has 0 aromatic heterocycles. The molecule has 2 N–H and O–H groups in total. The van der Waals surface area contributed by atoms with E-state index >= 15 is 0 Å². The van der Waals surface area contributed by atoms with Crippen molar-refractivity contribution >= 4 is 24.2 Å². The number of carbonyl (C=O) groups is 2. The largest absolute Gasteiger partial charge is 0.352 e. The Bertz CT molecular complexity index is 248. The van der Waals surface area contributed by atoms with E-state index < -0.39 is 0 Å². The molecule has 0 aliphatic carbocycles. The lowest BCUT2D eigenvalue weighted by molar-refractivity contribution is -0.136. The third-order valence-electron chi connectivity index (χ3n) is 2.54. The van der Waals surface area contributed by atoms with Crippen LogP contribution in [-0.4, -0.2) is 48.9 Å². The molecule has 0 spiro atoms. The average molecular weight is 250 g/mol. The number of piperazine rings is 1. The predicted octanol–water partition coefficient (Wildman–Crippen LogP) is -0.245. The molecule has 1 saturated heterocycles. The van der Waals surface area contributed by atoms with Gasteiger partial charge in [0.1, 0.15) is 0 Å². The van der Waals surface area contributed by atoms with E-state index in [1.54, 1.807) is 4.90 Å². The minimum atomic E-state index is -0.0698. The van der Waals surface area contributed by atoms with E-state index in [2.05, 4.69) is 10.6 Å². The predicted molar refractivity (Wildman–Crippen MR) is 64.6 cm³/mol. The third-order valence-corrected chi connectivity index (χ3v) is 2.54. The second-order valence-electron chi connectivity index (χ2n) is 3.87. The molecule has 0 bridgehead atoms. The smallest absolute Gasteiger partial charge is 0.239 e. The van der Waals surface area contributed by atoms with Gasteiger partial charge in [-0.25, -0.2) is 0 Å². The van der Waals surface area contributed by atoms with Gasteiger partial charge in [-0.2, -0.15) is 0 Å². The zero-order valence-corrected chi connectivity index (χ0v) is 10.6. The van der Waals surface area contributed by atoms with Crippen molar-refractivity contribution in [1.82, 2.24) is 15.5 Å². The highest BCUT2D eigenvalue weighted by atomic mass is 35.5. The second kappa shape index (κ2) is 7.46. The van der Waals surface area contributed by atoms with E-state index in [1.165, 1.54) is 0 Å². The Morgan fingerprint density at radius 2 is 2.31 bits per heavy atom. The molecule has 5 nitrogen and oxygen atoms in total. The molecule has 94 valence electrons. The molecule has 0 aromatic carbocycles. The summed E-state index contributed by atoms with van der Waals surface area (Å²) >= 11 is 0. The molecule has 16 heavy (non-hydrogen) atoms. The van der Waals surface area contributed by atoms with Gasteiger partial charge in [0.25, 0.3) is 0 Å². The van der Waals surface area contributed by atoms with Crippen molar-refractivity contribution in [3.63, 3.8) is 0 Å². The molecule has 0 radical (unpaired) electrons. The van der Waals surface area contributed by atoms with Gasteiger partial charge in [0.15, 0.2) is 0 Å². The Kier molecular flexibility index (Phi) is 7.08. The van der Waals surface area contributed by atoms with Crippen LogP contribution in [0.15, 0.2) is 0 Å². The molecular formula is C10H20ClN3O2. The van der Waals surface area contributed by atoms with Crippen LogP contribution >= 0.6 is 12.4 Å². The molecule has 0 aromatic rings. The third kappa shape index (κ3) is 4.81. The van der Waals surface area contributed by atoms with Crippen LogP contribution in [0.2, 0.25) is 0 Å². The van der Waals surface area contributed by atoms with Crippen LogP contribution < -0.4 is 10.6 Å². The number of hydrogen-bond acceptors (Lipinski definition) is 3. The van der Waals surface area contributed by atoms with Crippen LogP contribution in [0.1, 0.15) is 20.3 Å². The number of amides is 2. The summed E-state index contributed by atoms with van der Waals surface area (Å²) in [6, 6.07) is 0.176. The lowest BCUT2D eigenvalue weighted by Gasteiger charge is -2.27. The van der Waals surface area contributed by atoms with E-state index in [0.717, 1.165) is 13.0 Å². The average Bonchev–Trinajstić information content (AvgIpc) is 2.21. The first-order valence-electron chi connectivity index (χ1n) is 5.41. The number of nitrogens with one attached hydrogen (secondary N) is 2. The quantitative estimate of drug-likeness (QED) is 0.723. The standard InChI is InChI=1S/C10H19N3O2.ClH/c1-3-8(2)12-9(14)7-13-5-4-11-6-10(13)15;/h8,11H,3-7H2,1-2H3,(H,12,14);1H. The summed E-state index contributed by atoms with van der Waals surface area (Å²) in [6.45, 7) is 5.88. The Morgan fingerprint density at radius 3 is 2.88 bits per heavy atom. The zero-order chi connectivity index (χ0) is 11.3. The Morgan fingerprint density at radius 1 is 1.62 bits per heavy atom. The van der Waals surface area contributed by atoms with Crippen LogP contribution in [0.5, 0.6) is 0 Å². The molecule has 1 aliphatic rings. The van der Waals surface area contributed by atoms with Gasteiger partial charge in [-0.1, -0.05) is 6.92 Å². The summed E-state index contributed by atoms with van der Waals surface area (Å²) in [4.78, 5) is 24.5. The minimum Gasteiger partial charge on any atom is -0.352 e. The molecule has 1 rings (SSSR count). The molecule has 1 aliphatic heterocycles. The summed E-state index contributed by atoms with van der Waals surface area (Å²) in [5.41, 5.74) is 0. The van der Waals surface area contributed by atoms with Gasteiger partial charge in [0.2, 0.25) is 11.8 Å². The summed E-state index contributed by atoms with van der Waals surface area (Å²) in [5, 5.41) is 5.81. The lowest BCUT2D eigenvalue weighted by Crippen LogP contribution is -2.52. The van der Waals surface area contributed by atoms with Crippen molar-refractivity contribution in [2.45, 2.75) is 26.3 Å². The number of hydrogen-bond donors (Lipinski definition) is 2. The van der Waals surface area contributed by atoms with Gasteiger partial charge in [-0.05, 0) is 13.3 Å². The highest BCUT2D eigenvalue weighted by Gasteiger charge is 2.20. The van der Waals surface area contributed by atoms with E-state index in [0.29, 0.717) is 13.1 Å². The first-order chi connectivity index (χ1) is 7.13. The molecule has 1 heterocycles. The maximum Gasteiger partial charge on any atom is 0.239 e. The second-order valence-corrected chi connectivity index (χ2v) is 3.87. The topological polar surface area (TPSA) is 61.4 Å². The van der Waals surface area contributed by atoms with Crippen molar-refractivity contribution in [2.75, 3.05) is 26.2 Å². The SMILES string of the molecule is CCC(C)NC(=O)CN1CCNCC1=O.Cl. The molecule has 1 fully saturated rings. The van der Waals surface area contributed by atoms with Crippen LogP contribution in [0.25, 0.3) is 0 Å². The molecule has 6 heteroatoms. The number of halogens is 1. The summed E-state index contributed by atoms with van der Waals surface area (Å²) in [6.07, 6.45) is 0.904. The van der Waals surface area contributed by atoms with Crippen molar-refractivity contribution in [2.24, 2.45) is 0 Å². The monoisotopic (exact) mass is 249 g/mol. The number of rotatable bonds is 4. The van der Waals surface area contributed by atoms with Crippen molar-refractivity contribution < 1.29 is 9.59 Å². The van der Waals surface area contributed by atoms with Crippen molar-refractivity contribution in [3.8, 4) is 0 Å². The van der Waals surface area contributed by atoms with Gasteiger partial charge >= 0.3 is 0 Å². The van der Waals surface area contributed by atoms with Crippen LogP contribution in [-0.2, 0) is 9.59 Å². The van der Waals surface area contributed by atoms with Crippen LogP contribution in [0, 0.1) is 0 Å². The first-order valence-corrected chi connectivity index (χ1v) is 5.41. The highest BCUT2D eigenvalue weighted by molar-refractivity contribution is 5.86. The minimum absolute atomic E-state index is 0. The maximum absolute atomic E-state index is 11.5. The van der Waals surface area contributed by atoms with Crippen LogP contribution in [0.4, 0.5) is 0 Å². The van der Waals surface area contributed by atoms with Crippen molar-refractivity contribution in [3.05, 3.63) is 0 Å². The number of nitrogens with zero attached hydrogens (tertiary/aromatic N) is 1. The first kappa shape index (κ1) is 15.2. The molecular weight excluding hydrogens is 230 g/mol. The number of carbonyl (C=O) groups excluding carboxylic acids is 2.